The van der Waals surface area contributed by atoms with Crippen LogP contribution in [0.3, 0.4) is 0 Å². The lowest BCUT2D eigenvalue weighted by molar-refractivity contribution is -0.137. The van der Waals surface area contributed by atoms with Crippen LogP contribution in [0, 0.1) is 0 Å². The molecule has 1 saturated heterocycles. The van der Waals surface area contributed by atoms with Crippen LogP contribution >= 0.6 is 0 Å². The predicted molar refractivity (Wildman–Crippen MR) is 362 cm³/mol. The van der Waals surface area contributed by atoms with Crippen LogP contribution < -0.4 is 31.9 Å². The van der Waals surface area contributed by atoms with Gasteiger partial charge in [0.15, 0.2) is 0 Å². The number of amides is 6. The molecule has 0 aromatic heterocycles. The Bertz CT molecular complexity index is 1400. The zero-order valence-corrected chi connectivity index (χ0v) is 56.9. The Labute approximate surface area is 529 Å². The van der Waals surface area contributed by atoms with Gasteiger partial charge in [0.25, 0.3) is 0 Å². The second-order valence-electron chi connectivity index (χ2n) is 25.9. The molecule has 14 nitrogen and oxygen atoms in total. The van der Waals surface area contributed by atoms with Gasteiger partial charge in [0.1, 0.15) is 12.1 Å². The van der Waals surface area contributed by atoms with Crippen LogP contribution in [-0.2, 0) is 28.8 Å². The molecule has 86 heavy (non-hydrogen) atoms. The van der Waals surface area contributed by atoms with Crippen LogP contribution in [0.5, 0.6) is 0 Å². The maximum absolute atomic E-state index is 13.4. The van der Waals surface area contributed by atoms with Gasteiger partial charge in [0.2, 0.25) is 35.4 Å². The van der Waals surface area contributed by atoms with Gasteiger partial charge in [-0.05, 0) is 77.3 Å². The number of hydrogen-bond acceptors (Lipinski definition) is 8. The number of nitrogens with one attached hydrogen (secondary N) is 6. The fraction of sp³-hybridized carbons (Fsp3) is 0.917. The van der Waals surface area contributed by atoms with E-state index in [0.717, 1.165) is 77.0 Å². The molecule has 14 heteroatoms. The first kappa shape index (κ1) is 80.8. The van der Waals surface area contributed by atoms with Gasteiger partial charge in [-0.2, -0.15) is 0 Å². The summed E-state index contributed by atoms with van der Waals surface area (Å²) < 4.78 is 0. The Morgan fingerprint density at radius 3 is 0.686 bits per heavy atom. The summed E-state index contributed by atoms with van der Waals surface area (Å²) in [6.45, 7) is 15.5. The lowest BCUT2D eigenvalue weighted by Gasteiger charge is -2.30. The quantitative estimate of drug-likeness (QED) is 0.0326. The van der Waals surface area contributed by atoms with Gasteiger partial charge in [-0.3, -0.25) is 28.8 Å². The van der Waals surface area contributed by atoms with Gasteiger partial charge in [-0.1, -0.05) is 259 Å². The lowest BCUT2D eigenvalue weighted by atomic mass is 10.0. The topological polar surface area (TPSA) is 181 Å². The molecule has 0 radical (unpaired) electrons. The van der Waals surface area contributed by atoms with Crippen LogP contribution in [0.25, 0.3) is 0 Å². The summed E-state index contributed by atoms with van der Waals surface area (Å²) in [7, 11) is 0. The van der Waals surface area contributed by atoms with Crippen molar-refractivity contribution in [3.63, 3.8) is 0 Å². The van der Waals surface area contributed by atoms with E-state index in [4.69, 9.17) is 0 Å². The Morgan fingerprint density at radius 2 is 0.477 bits per heavy atom. The first-order valence-corrected chi connectivity index (χ1v) is 37.3. The third kappa shape index (κ3) is 52.7. The Balaban J connectivity index is 2.62. The van der Waals surface area contributed by atoms with E-state index in [1.165, 1.54) is 205 Å². The molecular weight excluding hydrogens is 1070 g/mol. The van der Waals surface area contributed by atoms with E-state index in [-0.39, 0.29) is 35.4 Å². The van der Waals surface area contributed by atoms with E-state index in [1.54, 1.807) is 0 Å². The number of unbranched alkanes of at least 4 members (excludes halogenated alkanes) is 38. The van der Waals surface area contributed by atoms with Gasteiger partial charge in [0.05, 0.1) is 0 Å². The molecule has 0 spiro atoms. The van der Waals surface area contributed by atoms with Crippen LogP contribution in [-0.4, -0.2) is 123 Å². The molecule has 0 aromatic carbocycles. The van der Waals surface area contributed by atoms with E-state index in [9.17, 15) is 28.8 Å². The molecule has 1 aliphatic rings. The lowest BCUT2D eigenvalue weighted by Crippen LogP contribution is -2.61. The minimum Gasteiger partial charge on any atom is -0.356 e. The van der Waals surface area contributed by atoms with Crippen LogP contribution in [0.4, 0.5) is 0 Å². The van der Waals surface area contributed by atoms with Crippen molar-refractivity contribution in [3.8, 4) is 0 Å². The monoisotopic (exact) mass is 1210 g/mol. The van der Waals surface area contributed by atoms with Gasteiger partial charge in [0, 0.05) is 78.0 Å². The third-order valence-electron chi connectivity index (χ3n) is 17.7. The molecule has 0 aromatic rings. The van der Waals surface area contributed by atoms with Crippen molar-refractivity contribution in [1.82, 2.24) is 41.7 Å². The third-order valence-corrected chi connectivity index (χ3v) is 17.7. The fourth-order valence-electron chi connectivity index (χ4n) is 11.9. The average molecular weight is 1210 g/mol. The van der Waals surface area contributed by atoms with Crippen LogP contribution in [0.15, 0.2) is 0 Å². The Morgan fingerprint density at radius 1 is 0.279 bits per heavy atom. The highest BCUT2D eigenvalue weighted by Crippen LogP contribution is 2.16. The number of nitrogens with zero attached hydrogens (tertiary/aromatic N) is 2. The largest absolute Gasteiger partial charge is 0.356 e. The number of piperazine rings is 1. The van der Waals surface area contributed by atoms with Gasteiger partial charge in [-0.25, -0.2) is 0 Å². The van der Waals surface area contributed by atoms with Gasteiger partial charge in [-0.15, -0.1) is 0 Å². The smallest absolute Gasteiger partial charge is 0.243 e. The maximum atomic E-state index is 13.4. The molecule has 2 unspecified atom stereocenters. The van der Waals surface area contributed by atoms with E-state index in [1.807, 2.05) is 0 Å². The number of carbonyl (C=O) groups is 6. The summed E-state index contributed by atoms with van der Waals surface area (Å²) in [5.41, 5.74) is 0. The van der Waals surface area contributed by atoms with Crippen LogP contribution in [0.2, 0.25) is 0 Å². The van der Waals surface area contributed by atoms with Crippen molar-refractivity contribution in [2.24, 2.45) is 0 Å². The second-order valence-corrected chi connectivity index (χ2v) is 25.9. The van der Waals surface area contributed by atoms with E-state index in [2.05, 4.69) is 69.4 Å². The first-order valence-electron chi connectivity index (χ1n) is 37.3. The van der Waals surface area contributed by atoms with E-state index in [0.29, 0.717) is 104 Å². The van der Waals surface area contributed by atoms with Gasteiger partial charge < -0.3 is 41.7 Å². The highest BCUT2D eigenvalue weighted by Gasteiger charge is 2.33. The maximum Gasteiger partial charge on any atom is 0.243 e. The molecule has 6 amide bonds. The minimum atomic E-state index is -0.594. The minimum absolute atomic E-state index is 0.0494. The molecule has 0 aliphatic carbocycles. The fourth-order valence-corrected chi connectivity index (χ4v) is 11.9. The standard InChI is InChI=1S/C72H140N8O6/c1-5-9-13-17-21-25-29-33-37-43-55-73-67(81)51-61-79(62-52-68(82)74-56-44-38-34-30-26-22-18-14-10-6-2)59-47-41-49-65-71(85)78-66(72(86)77-65)50-42-48-60-80(63-53-69(83)75-57-45-39-35-31-27-23-19-15-11-7-3)64-54-70(84)76-58-46-40-36-32-28-24-20-16-12-8-4/h65-66H,5-64H2,1-4H3,(H,73,81)(H,74,82)(H,75,83)(H,76,84)(H,77,86)(H,78,85). The summed E-state index contributed by atoms with van der Waals surface area (Å²) in [6.07, 6.45) is 55.9. The van der Waals surface area contributed by atoms with E-state index < -0.39 is 12.1 Å². The number of hydrogen-bond donors (Lipinski definition) is 6. The van der Waals surface area contributed by atoms with Crippen molar-refractivity contribution in [1.29, 1.82) is 0 Å². The molecule has 1 aliphatic heterocycles. The molecule has 504 valence electrons. The van der Waals surface area contributed by atoms with E-state index >= 15 is 0 Å². The molecule has 1 fully saturated rings. The summed E-state index contributed by atoms with van der Waals surface area (Å²) in [4.78, 5) is 83.0. The first-order chi connectivity index (χ1) is 42.1. The molecule has 1 rings (SSSR count). The molecule has 2 atom stereocenters. The normalized spacial score (nSPS) is 14.2. The average Bonchev–Trinajstić information content (AvgIpc) is 3.34. The second kappa shape index (κ2) is 62.0. The highest BCUT2D eigenvalue weighted by atomic mass is 16.2. The summed E-state index contributed by atoms with van der Waals surface area (Å²) in [5.74, 6) is -0.110. The Hall–Kier alpha value is -3.26. The molecular formula is C72H140N8O6. The van der Waals surface area contributed by atoms with Gasteiger partial charge >= 0.3 is 0 Å². The van der Waals surface area contributed by atoms with Crippen molar-refractivity contribution in [3.05, 3.63) is 0 Å². The van der Waals surface area contributed by atoms with Crippen molar-refractivity contribution < 1.29 is 28.8 Å². The summed E-state index contributed by atoms with van der Waals surface area (Å²) in [6, 6.07) is -1.19. The highest BCUT2D eigenvalue weighted by molar-refractivity contribution is 5.96. The SMILES string of the molecule is CCCCCCCCCCCCNC(=O)CCN(CCCCC1NC(=O)C(CCCCN(CCC(=O)NCCCCCCCCCCCC)CCC(=O)NCCCCCCCCCCCC)NC1=O)CCC(=O)NCCCCCCCCCCCC. The Kier molecular flexibility index (Phi) is 58.2. The molecule has 0 bridgehead atoms. The number of rotatable bonds is 66. The summed E-state index contributed by atoms with van der Waals surface area (Å²) >= 11 is 0. The van der Waals surface area contributed by atoms with Crippen molar-refractivity contribution in [2.45, 2.75) is 361 Å². The zero-order chi connectivity index (χ0) is 62.4. The zero-order valence-electron chi connectivity index (χ0n) is 56.9. The molecule has 0 saturated carbocycles. The molecule has 1 heterocycles. The van der Waals surface area contributed by atoms with Crippen molar-refractivity contribution >= 4 is 35.4 Å². The van der Waals surface area contributed by atoms with Crippen LogP contribution in [0.1, 0.15) is 349 Å². The predicted octanol–water partition coefficient (Wildman–Crippen LogP) is 15.6. The summed E-state index contributed by atoms with van der Waals surface area (Å²) in [5, 5.41) is 18.5. The molecule has 6 N–H and O–H groups in total. The number of carbonyl (C=O) groups excluding carboxylic acids is 6. The van der Waals surface area contributed by atoms with Crippen molar-refractivity contribution in [2.75, 3.05) is 65.4 Å².